The lowest BCUT2D eigenvalue weighted by Gasteiger charge is -2.40. The van der Waals surface area contributed by atoms with E-state index in [4.69, 9.17) is 22.8 Å². The van der Waals surface area contributed by atoms with Crippen molar-refractivity contribution in [2.75, 3.05) is 6.61 Å². The first kappa shape index (κ1) is 48.1. The molecule has 8 heteroatoms. The van der Waals surface area contributed by atoms with Gasteiger partial charge >= 0.3 is 0 Å². The molecule has 1 heterocycles. The molecule has 1 saturated heterocycles. The van der Waals surface area contributed by atoms with Crippen LogP contribution in [0, 0.1) is 11.8 Å². The zero-order valence-corrected chi connectivity index (χ0v) is 40.2. The van der Waals surface area contributed by atoms with Crippen molar-refractivity contribution >= 4 is 25.0 Å². The predicted molar refractivity (Wildman–Crippen MR) is 235 cm³/mol. The molecule has 0 radical (unpaired) electrons. The monoisotopic (exact) mass is 787 g/mol. The van der Waals surface area contributed by atoms with Crippen LogP contribution in [0.1, 0.15) is 133 Å². The predicted octanol–water partition coefficient (Wildman–Crippen LogP) is 13.2. The fourth-order valence-corrected chi connectivity index (χ4v) is 9.53. The average molecular weight is 787 g/mol. The fraction of sp³-hybridized carbons (Fsp3) is 0.778. The Labute approximate surface area is 331 Å². The molecule has 1 aromatic rings. The summed E-state index contributed by atoms with van der Waals surface area (Å²) in [5.41, 5.74) is 1.22. The summed E-state index contributed by atoms with van der Waals surface area (Å²) in [4.78, 5) is 0. The first-order chi connectivity index (χ1) is 24.4. The van der Waals surface area contributed by atoms with Gasteiger partial charge < -0.3 is 22.8 Å². The van der Waals surface area contributed by atoms with Crippen LogP contribution >= 0.6 is 0 Å². The number of hydrogen-bond acceptors (Lipinski definition) is 5. The summed E-state index contributed by atoms with van der Waals surface area (Å²) in [7, 11) is -6.17. The maximum absolute atomic E-state index is 7.26. The second-order valence-electron chi connectivity index (χ2n) is 20.1. The van der Waals surface area contributed by atoms with Gasteiger partial charge in [-0.1, -0.05) is 131 Å². The Morgan fingerprint density at radius 3 is 1.94 bits per heavy atom. The van der Waals surface area contributed by atoms with Gasteiger partial charge in [-0.15, -0.1) is 11.8 Å². The molecule has 0 N–H and O–H groups in total. The summed E-state index contributed by atoms with van der Waals surface area (Å²) in [5, 5.41) is 0.326. The minimum atomic E-state index is -2.14. The number of unbranched alkanes of at least 4 members (excludes halogenated alkanes) is 4. The Bertz CT molecular complexity index is 1280. The van der Waals surface area contributed by atoms with Crippen LogP contribution in [0.2, 0.25) is 54.4 Å². The van der Waals surface area contributed by atoms with Gasteiger partial charge in [0.25, 0.3) is 0 Å². The molecule has 0 amide bonds. The molecular weight excluding hydrogens is 705 g/mol. The van der Waals surface area contributed by atoms with Crippen LogP contribution in [0.25, 0.3) is 0 Å². The average Bonchev–Trinajstić information content (AvgIpc) is 3.42. The highest BCUT2D eigenvalue weighted by Gasteiger charge is 2.48. The molecule has 0 bridgehead atoms. The molecule has 5 atom stereocenters. The van der Waals surface area contributed by atoms with E-state index in [0.717, 1.165) is 45.1 Å². The van der Waals surface area contributed by atoms with Crippen molar-refractivity contribution in [3.63, 3.8) is 0 Å². The second-order valence-corrected chi connectivity index (χ2v) is 34.3. The van der Waals surface area contributed by atoms with E-state index < -0.39 is 25.0 Å². The Morgan fingerprint density at radius 1 is 0.755 bits per heavy atom. The lowest BCUT2D eigenvalue weighted by atomic mass is 10.0. The van der Waals surface area contributed by atoms with Crippen LogP contribution < -0.4 is 0 Å². The highest BCUT2D eigenvalue weighted by Crippen LogP contribution is 2.43. The molecule has 1 aromatic carbocycles. The minimum absolute atomic E-state index is 0.00988. The van der Waals surface area contributed by atoms with Crippen molar-refractivity contribution in [3.8, 4) is 11.8 Å². The van der Waals surface area contributed by atoms with E-state index >= 15 is 0 Å². The fourth-order valence-electron chi connectivity index (χ4n) is 5.60. The summed E-state index contributed by atoms with van der Waals surface area (Å²) in [5.74, 6) is 6.96. The first-order valence-electron chi connectivity index (χ1n) is 20.8. The van der Waals surface area contributed by atoms with Gasteiger partial charge in [-0.05, 0) is 79.2 Å². The van der Waals surface area contributed by atoms with E-state index in [9.17, 15) is 0 Å². The van der Waals surface area contributed by atoms with Crippen LogP contribution in [-0.2, 0) is 29.4 Å². The molecule has 0 spiro atoms. The second kappa shape index (κ2) is 20.9. The van der Waals surface area contributed by atoms with E-state index in [0.29, 0.717) is 13.0 Å². The molecule has 0 aliphatic carbocycles. The molecule has 2 rings (SSSR count). The molecule has 53 heavy (non-hydrogen) atoms. The third-order valence-corrected chi connectivity index (χ3v) is 25.8. The van der Waals surface area contributed by atoms with Crippen molar-refractivity contribution in [1.29, 1.82) is 0 Å². The van der Waals surface area contributed by atoms with E-state index in [1.54, 1.807) is 0 Å². The first-order valence-corrected chi connectivity index (χ1v) is 29.6. The van der Waals surface area contributed by atoms with Crippen molar-refractivity contribution in [2.45, 2.75) is 219 Å². The molecule has 0 aromatic heterocycles. The molecule has 0 saturated carbocycles. The third kappa shape index (κ3) is 16.2. The lowest BCUT2D eigenvalue weighted by Crippen LogP contribution is -2.47. The maximum atomic E-state index is 7.26. The molecule has 0 unspecified atom stereocenters. The van der Waals surface area contributed by atoms with Crippen molar-refractivity contribution < 1.29 is 22.8 Å². The van der Waals surface area contributed by atoms with Gasteiger partial charge in [0.05, 0.1) is 37.1 Å². The van der Waals surface area contributed by atoms with Crippen molar-refractivity contribution in [3.05, 3.63) is 48.0 Å². The number of benzene rings is 1. The minimum Gasteiger partial charge on any atom is -0.411 e. The third-order valence-electron chi connectivity index (χ3n) is 12.3. The van der Waals surface area contributed by atoms with Crippen molar-refractivity contribution in [2.24, 2.45) is 0 Å². The quantitative estimate of drug-likeness (QED) is 0.0570. The maximum Gasteiger partial charge on any atom is 0.193 e. The molecule has 304 valence electrons. The Morgan fingerprint density at radius 2 is 1.36 bits per heavy atom. The van der Waals surface area contributed by atoms with E-state index in [1.165, 1.54) is 18.4 Å². The Kier molecular flexibility index (Phi) is 19.0. The van der Waals surface area contributed by atoms with Crippen LogP contribution in [-0.4, -0.2) is 62.1 Å². The van der Waals surface area contributed by atoms with Gasteiger partial charge in [0.1, 0.15) is 0 Å². The smallest absolute Gasteiger partial charge is 0.193 e. The molecule has 1 aliphatic heterocycles. The van der Waals surface area contributed by atoms with Gasteiger partial charge in [-0.3, -0.25) is 0 Å². The Hall–Kier alpha value is -1.03. The highest BCUT2D eigenvalue weighted by molar-refractivity contribution is 6.75. The van der Waals surface area contributed by atoms with E-state index in [2.05, 4.69) is 157 Å². The van der Waals surface area contributed by atoms with Crippen molar-refractivity contribution in [1.82, 2.24) is 0 Å². The molecule has 1 aliphatic rings. The summed E-state index contributed by atoms with van der Waals surface area (Å²) in [6.07, 6.45) is 13.3. The SMILES string of the molecule is CCCCC[C@@H](/C=C/[C@@H](O[Si](C)(C)C(C)(C)C)[C@@H]1C[C@H](O[Si](C)(C)C(C)(C)C)[C@H](CC#CCCCCOCc2ccccc2)O1)O[Si](C)(C)C(C)(C)C. The summed E-state index contributed by atoms with van der Waals surface area (Å²) < 4.78 is 34.4. The number of hydrogen-bond donors (Lipinski definition) is 0. The molecular formula is C45H82O5Si3. The zero-order chi connectivity index (χ0) is 40.1. The largest absolute Gasteiger partial charge is 0.411 e. The summed E-state index contributed by atoms with van der Waals surface area (Å²) in [6.45, 7) is 38.7. The van der Waals surface area contributed by atoms with Crippen LogP contribution in [0.15, 0.2) is 42.5 Å². The summed E-state index contributed by atoms with van der Waals surface area (Å²) >= 11 is 0. The van der Waals surface area contributed by atoms with Crippen LogP contribution in [0.5, 0.6) is 0 Å². The van der Waals surface area contributed by atoms with E-state index in [-0.39, 0.29) is 45.6 Å². The van der Waals surface area contributed by atoms with Gasteiger partial charge in [0, 0.05) is 25.9 Å². The topological polar surface area (TPSA) is 46.2 Å². The van der Waals surface area contributed by atoms with E-state index in [1.807, 2.05) is 6.07 Å². The van der Waals surface area contributed by atoms with Crippen LogP contribution in [0.4, 0.5) is 0 Å². The number of ether oxygens (including phenoxy) is 2. The van der Waals surface area contributed by atoms with Crippen LogP contribution in [0.3, 0.4) is 0 Å². The molecule has 5 nitrogen and oxygen atoms in total. The number of rotatable bonds is 20. The zero-order valence-electron chi connectivity index (χ0n) is 37.2. The van der Waals surface area contributed by atoms with Gasteiger partial charge in [-0.2, -0.15) is 0 Å². The lowest BCUT2D eigenvalue weighted by molar-refractivity contribution is -0.0217. The van der Waals surface area contributed by atoms with Gasteiger partial charge in [0.2, 0.25) is 0 Å². The van der Waals surface area contributed by atoms with Gasteiger partial charge in [0.15, 0.2) is 25.0 Å². The standard InChI is InChI=1S/C45H82O5Si3/c1-17-18-23-30-38(48-51(11,12)43(2,3)4)32-33-40(49-52(13,14)44(5,6)7)41-35-42(50-53(15,16)45(8,9)10)39(47-41)31-26-20-19-21-27-34-46-36-37-28-24-22-25-29-37/h22,24-25,28-29,32-33,38-42H,17-19,21,23,27,30-31,34-36H2,1-16H3/b33-32+/t38-,39-,40+,41-,42-/m0/s1. The summed E-state index contributed by atoms with van der Waals surface area (Å²) in [6, 6.07) is 10.4. The Balaban J connectivity index is 2.29. The highest BCUT2D eigenvalue weighted by atomic mass is 28.4. The normalized spacial score (nSPS) is 20.4. The van der Waals surface area contributed by atoms with Gasteiger partial charge in [-0.25, -0.2) is 0 Å². The molecule has 1 fully saturated rings.